The highest BCUT2D eigenvalue weighted by atomic mass is 14.3. The Kier molecular flexibility index (Phi) is 6.81. The first kappa shape index (κ1) is 29.5. The van der Waals surface area contributed by atoms with Gasteiger partial charge in [0.25, 0.3) is 0 Å². The minimum atomic E-state index is 0.354. The van der Waals surface area contributed by atoms with E-state index in [2.05, 4.69) is 153 Å². The Morgan fingerprint density at radius 2 is 1.38 bits per heavy atom. The Balaban J connectivity index is 1.06. The van der Waals surface area contributed by atoms with Gasteiger partial charge in [-0.1, -0.05) is 121 Å². The molecule has 0 spiro atoms. The second-order valence-corrected chi connectivity index (χ2v) is 14.8. The van der Waals surface area contributed by atoms with E-state index in [0.717, 1.165) is 32.1 Å². The SMILES string of the molecule is CC1=C(c2ccc3ccc4c5c(ccc4c3c2)CCC(c2cc3ccccc3cc2C)=C5)CC(c2cc3ccccc3c3c2C=CCC3)C=C1. The summed E-state index contributed by atoms with van der Waals surface area (Å²) in [5.74, 6) is 0.354. The van der Waals surface area contributed by atoms with Crippen LogP contribution in [0.5, 0.6) is 0 Å². The normalized spacial score (nSPS) is 17.1. The van der Waals surface area contributed by atoms with Crippen LogP contribution in [0, 0.1) is 6.92 Å². The molecule has 0 nitrogen and oxygen atoms in total. The van der Waals surface area contributed by atoms with Gasteiger partial charge in [0.2, 0.25) is 0 Å². The number of allylic oxidation sites excluding steroid dienone is 6. The van der Waals surface area contributed by atoms with Crippen LogP contribution in [0.3, 0.4) is 0 Å². The van der Waals surface area contributed by atoms with Crippen LogP contribution in [-0.4, -0.2) is 0 Å². The second kappa shape index (κ2) is 11.6. The van der Waals surface area contributed by atoms with Crippen LogP contribution in [-0.2, 0) is 12.8 Å². The van der Waals surface area contributed by atoms with E-state index in [1.165, 1.54) is 104 Å². The maximum Gasteiger partial charge on any atom is 0.00681 e. The van der Waals surface area contributed by atoms with Gasteiger partial charge in [-0.2, -0.15) is 0 Å². The zero-order chi connectivity index (χ0) is 33.3. The van der Waals surface area contributed by atoms with Gasteiger partial charge in [-0.15, -0.1) is 0 Å². The van der Waals surface area contributed by atoms with E-state index in [1.54, 1.807) is 0 Å². The van der Waals surface area contributed by atoms with E-state index in [0.29, 0.717) is 5.92 Å². The van der Waals surface area contributed by atoms with Crippen molar-refractivity contribution in [2.24, 2.45) is 0 Å². The van der Waals surface area contributed by atoms with Crippen molar-refractivity contribution in [3.8, 4) is 0 Å². The molecular weight excluding hydrogens is 601 g/mol. The molecule has 0 saturated heterocycles. The number of rotatable bonds is 3. The fraction of sp³-hybridized carbons (Fsp3) is 0.160. The summed E-state index contributed by atoms with van der Waals surface area (Å²) in [7, 11) is 0. The first-order valence-electron chi connectivity index (χ1n) is 18.4. The number of hydrogen-bond donors (Lipinski definition) is 0. The molecular formula is C50H40. The van der Waals surface area contributed by atoms with Crippen molar-refractivity contribution in [3.63, 3.8) is 0 Å². The maximum atomic E-state index is 2.50. The summed E-state index contributed by atoms with van der Waals surface area (Å²) in [5, 5.41) is 10.8. The molecule has 7 aromatic carbocycles. The molecule has 0 fully saturated rings. The lowest BCUT2D eigenvalue weighted by Gasteiger charge is -2.27. The van der Waals surface area contributed by atoms with Crippen LogP contribution < -0.4 is 0 Å². The third-order valence-electron chi connectivity index (χ3n) is 11.9. The van der Waals surface area contributed by atoms with Gasteiger partial charge >= 0.3 is 0 Å². The molecule has 0 heterocycles. The van der Waals surface area contributed by atoms with Gasteiger partial charge in [0.05, 0.1) is 0 Å². The van der Waals surface area contributed by atoms with Crippen LogP contribution >= 0.6 is 0 Å². The molecule has 0 saturated carbocycles. The molecule has 0 bridgehead atoms. The Bertz CT molecular complexity index is 2690. The highest BCUT2D eigenvalue weighted by molar-refractivity contribution is 6.12. The summed E-state index contributed by atoms with van der Waals surface area (Å²) < 4.78 is 0. The second-order valence-electron chi connectivity index (χ2n) is 14.8. The third kappa shape index (κ3) is 4.73. The summed E-state index contributed by atoms with van der Waals surface area (Å²) in [6.07, 6.45) is 17.5. The minimum Gasteiger partial charge on any atom is -0.0836 e. The van der Waals surface area contributed by atoms with Gasteiger partial charge in [-0.25, -0.2) is 0 Å². The molecule has 0 radical (unpaired) electrons. The smallest absolute Gasteiger partial charge is 0.00681 e. The molecule has 50 heavy (non-hydrogen) atoms. The van der Waals surface area contributed by atoms with Gasteiger partial charge < -0.3 is 0 Å². The molecule has 0 heteroatoms. The Labute approximate surface area is 294 Å². The molecule has 3 aliphatic carbocycles. The van der Waals surface area contributed by atoms with Crippen molar-refractivity contribution < 1.29 is 0 Å². The predicted molar refractivity (Wildman–Crippen MR) is 217 cm³/mol. The Morgan fingerprint density at radius 1 is 0.580 bits per heavy atom. The first-order chi connectivity index (χ1) is 24.6. The minimum absolute atomic E-state index is 0.354. The van der Waals surface area contributed by atoms with Crippen molar-refractivity contribution in [1.82, 2.24) is 0 Å². The average molecular weight is 641 g/mol. The van der Waals surface area contributed by atoms with E-state index in [9.17, 15) is 0 Å². The largest absolute Gasteiger partial charge is 0.0836 e. The van der Waals surface area contributed by atoms with Crippen molar-refractivity contribution in [3.05, 3.63) is 178 Å². The van der Waals surface area contributed by atoms with E-state index < -0.39 is 0 Å². The molecule has 7 aromatic rings. The van der Waals surface area contributed by atoms with Crippen LogP contribution in [0.25, 0.3) is 66.4 Å². The zero-order valence-corrected chi connectivity index (χ0v) is 28.9. The molecule has 1 atom stereocenters. The van der Waals surface area contributed by atoms with E-state index in [1.807, 2.05) is 0 Å². The maximum absolute atomic E-state index is 2.50. The van der Waals surface area contributed by atoms with Gasteiger partial charge in [0, 0.05) is 5.92 Å². The quantitative estimate of drug-likeness (QED) is 0.169. The number of hydrogen-bond acceptors (Lipinski definition) is 0. The third-order valence-corrected chi connectivity index (χ3v) is 11.9. The Hall–Kier alpha value is -5.46. The molecule has 0 amide bonds. The van der Waals surface area contributed by atoms with Crippen molar-refractivity contribution in [1.29, 1.82) is 0 Å². The summed E-state index contributed by atoms with van der Waals surface area (Å²) in [4.78, 5) is 0. The summed E-state index contributed by atoms with van der Waals surface area (Å²) in [6.45, 7) is 4.56. The van der Waals surface area contributed by atoms with Crippen LogP contribution in [0.2, 0.25) is 0 Å². The lowest BCUT2D eigenvalue weighted by atomic mass is 9.77. The van der Waals surface area contributed by atoms with Crippen molar-refractivity contribution >= 4 is 66.4 Å². The highest BCUT2D eigenvalue weighted by Crippen LogP contribution is 2.44. The summed E-state index contributed by atoms with van der Waals surface area (Å²) in [6, 6.07) is 41.6. The topological polar surface area (TPSA) is 0 Å². The van der Waals surface area contributed by atoms with E-state index >= 15 is 0 Å². The van der Waals surface area contributed by atoms with Crippen molar-refractivity contribution in [2.75, 3.05) is 0 Å². The van der Waals surface area contributed by atoms with Gasteiger partial charge in [0.15, 0.2) is 0 Å². The molecule has 10 rings (SSSR count). The highest BCUT2D eigenvalue weighted by Gasteiger charge is 2.24. The van der Waals surface area contributed by atoms with Crippen LogP contribution in [0.1, 0.15) is 76.6 Å². The lowest BCUT2D eigenvalue weighted by molar-refractivity contribution is 0.851. The number of aryl methyl sites for hydroxylation is 3. The monoisotopic (exact) mass is 640 g/mol. The zero-order valence-electron chi connectivity index (χ0n) is 28.9. The van der Waals surface area contributed by atoms with E-state index in [-0.39, 0.29) is 0 Å². The molecule has 0 N–H and O–H groups in total. The molecule has 0 aliphatic heterocycles. The van der Waals surface area contributed by atoms with Crippen LogP contribution in [0.15, 0.2) is 133 Å². The van der Waals surface area contributed by atoms with Gasteiger partial charge in [-0.05, 0) is 168 Å². The lowest BCUT2D eigenvalue weighted by Crippen LogP contribution is -2.08. The molecule has 3 aliphatic rings. The summed E-state index contributed by atoms with van der Waals surface area (Å²) >= 11 is 0. The molecule has 0 aromatic heterocycles. The Morgan fingerprint density at radius 3 is 2.28 bits per heavy atom. The fourth-order valence-corrected chi connectivity index (χ4v) is 9.24. The predicted octanol–water partition coefficient (Wildman–Crippen LogP) is 13.6. The number of fused-ring (bicyclic) bond motifs is 9. The molecule has 240 valence electrons. The van der Waals surface area contributed by atoms with Gasteiger partial charge in [0.1, 0.15) is 0 Å². The molecule has 1 unspecified atom stereocenters. The van der Waals surface area contributed by atoms with Crippen LogP contribution in [0.4, 0.5) is 0 Å². The van der Waals surface area contributed by atoms with Gasteiger partial charge in [-0.3, -0.25) is 0 Å². The standard InChI is InChI=1S/C50H40/c1-31-15-16-40(50-28-37-11-5-6-12-41(37)42-13-7-8-14-43(42)50)27-46(31)38-19-17-33-21-24-45-44(48(33)29-38)23-22-34-18-20-39(30-49(34)45)47-26-36-10-4-3-9-35(36)25-32(47)2/h3-6,8-12,14-17,19,21-26,28-30,40H,7,13,18,20,27H2,1-2H3. The van der Waals surface area contributed by atoms with E-state index in [4.69, 9.17) is 0 Å². The van der Waals surface area contributed by atoms with Crippen molar-refractivity contribution in [2.45, 2.75) is 51.9 Å². The first-order valence-corrected chi connectivity index (χ1v) is 18.4. The number of benzene rings is 7. The average Bonchev–Trinajstić information content (AvgIpc) is 3.17. The summed E-state index contributed by atoms with van der Waals surface area (Å²) in [5.41, 5.74) is 15.7. The fourth-order valence-electron chi connectivity index (χ4n) is 9.24.